The van der Waals surface area contributed by atoms with E-state index in [0.717, 1.165) is 0 Å². The van der Waals surface area contributed by atoms with E-state index in [-0.39, 0.29) is 19.5 Å². The molecule has 0 atom stereocenters. The molecule has 0 aliphatic carbocycles. The predicted octanol–water partition coefficient (Wildman–Crippen LogP) is -0.372. The number of rotatable bonds is 0. The van der Waals surface area contributed by atoms with Crippen molar-refractivity contribution in [3.8, 4) is 0 Å². The molecule has 0 aliphatic heterocycles. The van der Waals surface area contributed by atoms with Crippen molar-refractivity contribution >= 4 is 13.6 Å². The molecule has 0 spiro atoms. The summed E-state index contributed by atoms with van der Waals surface area (Å²) in [5.74, 6) is 0. The molecule has 3 heteroatoms. The Kier molecular flexibility index (Phi) is 105000. The van der Waals surface area contributed by atoms with Crippen molar-refractivity contribution in [2.75, 3.05) is 0 Å². The van der Waals surface area contributed by atoms with Crippen LogP contribution in [-0.4, -0.2) is 13.6 Å². The van der Waals surface area contributed by atoms with Gasteiger partial charge in [0.05, 0.1) is 0 Å². The Bertz CT molecular complexity index is 9.61. The van der Waals surface area contributed by atoms with E-state index in [1.165, 1.54) is 0 Å². The molecular weight excluding hydrogens is 159 g/mol. The van der Waals surface area contributed by atoms with Crippen LogP contribution >= 0.6 is 0 Å². The van der Waals surface area contributed by atoms with Crippen molar-refractivity contribution in [2.24, 2.45) is 0 Å². The summed E-state index contributed by atoms with van der Waals surface area (Å²) in [7, 11) is 0. The van der Waals surface area contributed by atoms with Crippen LogP contribution in [0.5, 0.6) is 0 Å². The molecule has 2 nitrogen and oxygen atoms in total. The molecule has 5 heavy (non-hydrogen) atoms. The van der Waals surface area contributed by atoms with Crippen LogP contribution < -0.4 is 0 Å². The first kappa shape index (κ1) is 20.2. The molecule has 0 unspecified atom stereocenters. The molecule has 0 bridgehead atoms. The van der Waals surface area contributed by atoms with Gasteiger partial charge in [0.2, 0.25) is 0 Å². The Morgan fingerprint density at radius 3 is 0.800 bits per heavy atom. The minimum absolute atomic E-state index is 0. The monoisotopic (exact) mass is 163 g/mol. The Morgan fingerprint density at radius 1 is 0.800 bits per heavy atom. The van der Waals surface area contributed by atoms with E-state index < -0.39 is 0 Å². The second-order valence-corrected chi connectivity index (χ2v) is 0. The van der Waals surface area contributed by atoms with Crippen LogP contribution in [0.4, 0.5) is 0 Å². The maximum Gasteiger partial charge on any atom is 0.106 e. The number of carbonyl (C=O) groups excluding carboxylic acids is 2. The van der Waals surface area contributed by atoms with Gasteiger partial charge in [0.25, 0.3) is 0 Å². The summed E-state index contributed by atoms with van der Waals surface area (Å²) < 4.78 is 0. The average molecular weight is 163 g/mol. The molecule has 0 aromatic carbocycles. The summed E-state index contributed by atoms with van der Waals surface area (Å²) in [6, 6.07) is 0. The number of hydrogen-bond acceptors (Lipinski definition) is 2. The van der Waals surface area contributed by atoms with Gasteiger partial charge in [-0.15, -0.1) is 0 Å². The third-order valence-electron chi connectivity index (χ3n) is 0. The van der Waals surface area contributed by atoms with Crippen molar-refractivity contribution in [2.45, 2.75) is 0 Å². The molecule has 0 amide bonds. The van der Waals surface area contributed by atoms with Gasteiger partial charge in [-0.25, -0.2) is 0 Å². The van der Waals surface area contributed by atoms with E-state index in [9.17, 15) is 0 Å². The minimum Gasteiger partial charge on any atom is -0.307 e. The van der Waals surface area contributed by atoms with Crippen molar-refractivity contribution in [1.29, 1.82) is 0 Å². The van der Waals surface area contributed by atoms with Gasteiger partial charge in [-0.05, 0) is 0 Å². The molecule has 0 fully saturated rings. The van der Waals surface area contributed by atoms with Crippen molar-refractivity contribution < 1.29 is 29.1 Å². The van der Waals surface area contributed by atoms with Crippen LogP contribution in [0.3, 0.4) is 0 Å². The van der Waals surface area contributed by atoms with E-state index >= 15 is 0 Å². The first-order valence-electron chi connectivity index (χ1n) is 0.577. The fourth-order valence-corrected chi connectivity index (χ4v) is 0. The van der Waals surface area contributed by atoms with E-state index in [0.29, 0.717) is 0 Å². The van der Waals surface area contributed by atoms with Crippen molar-refractivity contribution in [3.63, 3.8) is 0 Å². The van der Waals surface area contributed by atoms with Gasteiger partial charge in [0, 0.05) is 19.5 Å². The molecule has 33 valence electrons. The van der Waals surface area contributed by atoms with E-state index in [1.807, 2.05) is 13.6 Å². The molecular formula is C2H4O2Rh. The van der Waals surface area contributed by atoms with Crippen LogP contribution in [0.25, 0.3) is 0 Å². The summed E-state index contributed by atoms with van der Waals surface area (Å²) in [5.41, 5.74) is 0. The van der Waals surface area contributed by atoms with Crippen LogP contribution in [0.2, 0.25) is 0 Å². The van der Waals surface area contributed by atoms with Gasteiger partial charge < -0.3 is 9.59 Å². The Labute approximate surface area is 43.3 Å². The fourth-order valence-electron chi connectivity index (χ4n) is 0. The third kappa shape index (κ3) is 11400. The molecule has 0 aromatic heterocycles. The van der Waals surface area contributed by atoms with Crippen LogP contribution in [0, 0.1) is 0 Å². The first-order chi connectivity index (χ1) is 2.00. The minimum atomic E-state index is 0. The van der Waals surface area contributed by atoms with Gasteiger partial charge in [-0.3, -0.25) is 0 Å². The molecule has 0 aromatic rings. The van der Waals surface area contributed by atoms with Crippen molar-refractivity contribution in [1.82, 2.24) is 0 Å². The van der Waals surface area contributed by atoms with Gasteiger partial charge >= 0.3 is 0 Å². The third-order valence-corrected chi connectivity index (χ3v) is 0. The van der Waals surface area contributed by atoms with E-state index in [1.54, 1.807) is 0 Å². The van der Waals surface area contributed by atoms with E-state index in [2.05, 4.69) is 0 Å². The second-order valence-electron chi connectivity index (χ2n) is 0. The smallest absolute Gasteiger partial charge is 0.106 e. The fraction of sp³-hybridized carbons (Fsp3) is 0. The van der Waals surface area contributed by atoms with Gasteiger partial charge in [0.1, 0.15) is 13.6 Å². The number of hydrogen-bond donors (Lipinski definition) is 0. The van der Waals surface area contributed by atoms with Crippen LogP contribution in [0.15, 0.2) is 0 Å². The Morgan fingerprint density at radius 2 is 0.800 bits per heavy atom. The SMILES string of the molecule is C=O.C=O.[Rh]. The van der Waals surface area contributed by atoms with Crippen molar-refractivity contribution in [3.05, 3.63) is 0 Å². The summed E-state index contributed by atoms with van der Waals surface area (Å²) >= 11 is 0. The molecule has 0 aliphatic rings. The maximum absolute atomic E-state index is 8.00. The second kappa shape index (κ2) is 25900. The molecule has 0 rings (SSSR count). The predicted molar refractivity (Wildman–Crippen MR) is 14.2 cm³/mol. The quantitative estimate of drug-likeness (QED) is 0.456. The molecule has 0 N–H and O–H groups in total. The molecule has 1 radical (unpaired) electrons. The van der Waals surface area contributed by atoms with Gasteiger partial charge in [0.15, 0.2) is 0 Å². The van der Waals surface area contributed by atoms with Gasteiger partial charge in [-0.1, -0.05) is 0 Å². The zero-order valence-corrected chi connectivity index (χ0v) is 4.20. The maximum atomic E-state index is 8.00. The molecule has 0 saturated carbocycles. The zero-order valence-electron chi connectivity index (χ0n) is 2.56. The first-order valence-corrected chi connectivity index (χ1v) is 0.577. The van der Waals surface area contributed by atoms with E-state index in [4.69, 9.17) is 9.59 Å². The summed E-state index contributed by atoms with van der Waals surface area (Å²) in [5, 5.41) is 0. The normalized spacial score (nSPS) is 1.60. The van der Waals surface area contributed by atoms with Crippen LogP contribution in [0.1, 0.15) is 0 Å². The Hall–Kier alpha value is -0.0366. The molecule has 0 saturated heterocycles. The van der Waals surface area contributed by atoms with Crippen LogP contribution in [-0.2, 0) is 29.1 Å². The topological polar surface area (TPSA) is 34.1 Å². The number of carbonyl (C=O) groups is 2. The standard InChI is InChI=1S/2CH2O.Rh/c2*1-2;/h2*1H2;. The summed E-state index contributed by atoms with van der Waals surface area (Å²) in [4.78, 5) is 16.0. The zero-order chi connectivity index (χ0) is 4.00. The largest absolute Gasteiger partial charge is 0.307 e. The molecule has 0 heterocycles. The average Bonchev–Trinajstić information content (AvgIpc) is 1.50. The summed E-state index contributed by atoms with van der Waals surface area (Å²) in [6.45, 7) is 4.00. The van der Waals surface area contributed by atoms with Gasteiger partial charge in [-0.2, -0.15) is 0 Å². The Balaban J connectivity index is -0.0000000133. The summed E-state index contributed by atoms with van der Waals surface area (Å²) in [6.07, 6.45) is 0.